The molecule has 0 unspecified atom stereocenters. The van der Waals surface area contributed by atoms with Crippen molar-refractivity contribution in [1.82, 2.24) is 15.1 Å². The molecular formula is C15H18N4O2S. The second kappa shape index (κ2) is 6.74. The van der Waals surface area contributed by atoms with Gasteiger partial charge in [0.15, 0.2) is 0 Å². The smallest absolute Gasteiger partial charge is 0.324 e. The van der Waals surface area contributed by atoms with Crippen LogP contribution in [-0.4, -0.2) is 34.3 Å². The zero-order chi connectivity index (χ0) is 15.4. The third-order valence-corrected chi connectivity index (χ3v) is 4.27. The number of benzene rings is 1. The molecule has 0 bridgehead atoms. The summed E-state index contributed by atoms with van der Waals surface area (Å²) in [7, 11) is 0. The summed E-state index contributed by atoms with van der Waals surface area (Å²) in [4.78, 5) is 14.3. The Morgan fingerprint density at radius 2 is 2.27 bits per heavy atom. The number of likely N-dealkylation sites (tertiary alicyclic amines) is 1. The molecule has 3 rings (SSSR count). The van der Waals surface area contributed by atoms with Gasteiger partial charge in [-0.15, -0.1) is 10.2 Å². The minimum atomic E-state index is -0.117. The topological polar surface area (TPSA) is 67.3 Å². The summed E-state index contributed by atoms with van der Waals surface area (Å²) in [6, 6.07) is 7.96. The lowest BCUT2D eigenvalue weighted by Crippen LogP contribution is -2.34. The van der Waals surface area contributed by atoms with E-state index in [2.05, 4.69) is 15.5 Å². The molecule has 22 heavy (non-hydrogen) atoms. The molecule has 1 saturated heterocycles. The van der Waals surface area contributed by atoms with E-state index < -0.39 is 0 Å². The Balaban J connectivity index is 1.70. The van der Waals surface area contributed by atoms with E-state index in [9.17, 15) is 4.79 Å². The first-order valence-electron chi connectivity index (χ1n) is 7.34. The Kier molecular flexibility index (Phi) is 4.53. The SMILES string of the molecule is CCOc1ccc([C@H]2CCCN2C(=O)Nc2nncs2)cc1. The molecule has 1 atom stereocenters. The maximum absolute atomic E-state index is 12.4. The number of amides is 2. The van der Waals surface area contributed by atoms with E-state index in [1.165, 1.54) is 11.3 Å². The fourth-order valence-corrected chi connectivity index (χ4v) is 3.13. The molecule has 0 spiro atoms. The van der Waals surface area contributed by atoms with Crippen molar-refractivity contribution < 1.29 is 9.53 Å². The maximum Gasteiger partial charge on any atom is 0.324 e. The van der Waals surface area contributed by atoms with Crippen molar-refractivity contribution in [2.45, 2.75) is 25.8 Å². The first-order chi connectivity index (χ1) is 10.8. The van der Waals surface area contributed by atoms with Crippen LogP contribution in [0.5, 0.6) is 5.75 Å². The number of anilines is 1. The van der Waals surface area contributed by atoms with Crippen LogP contribution in [-0.2, 0) is 0 Å². The van der Waals surface area contributed by atoms with Crippen LogP contribution in [0.15, 0.2) is 29.8 Å². The molecule has 0 saturated carbocycles. The highest BCUT2D eigenvalue weighted by molar-refractivity contribution is 7.13. The van der Waals surface area contributed by atoms with E-state index in [0.29, 0.717) is 11.7 Å². The second-order valence-electron chi connectivity index (χ2n) is 5.03. The van der Waals surface area contributed by atoms with Crippen molar-refractivity contribution in [3.05, 3.63) is 35.3 Å². The van der Waals surface area contributed by atoms with E-state index >= 15 is 0 Å². The number of hydrogen-bond donors (Lipinski definition) is 1. The predicted molar refractivity (Wildman–Crippen MR) is 85.2 cm³/mol. The molecule has 6 nitrogen and oxygen atoms in total. The number of ether oxygens (including phenoxy) is 1. The molecule has 2 amide bonds. The van der Waals surface area contributed by atoms with Gasteiger partial charge in [0.25, 0.3) is 0 Å². The maximum atomic E-state index is 12.4. The van der Waals surface area contributed by atoms with Crippen molar-refractivity contribution in [2.75, 3.05) is 18.5 Å². The Bertz CT molecular complexity index is 615. The Morgan fingerprint density at radius 1 is 1.45 bits per heavy atom. The molecule has 2 aromatic rings. The third kappa shape index (κ3) is 3.19. The van der Waals surface area contributed by atoms with Crippen molar-refractivity contribution in [1.29, 1.82) is 0 Å². The van der Waals surface area contributed by atoms with Crippen LogP contribution >= 0.6 is 11.3 Å². The molecule has 1 N–H and O–H groups in total. The van der Waals surface area contributed by atoms with Gasteiger partial charge < -0.3 is 9.64 Å². The van der Waals surface area contributed by atoms with Crippen LogP contribution in [0.25, 0.3) is 0 Å². The fraction of sp³-hybridized carbons (Fsp3) is 0.400. The van der Waals surface area contributed by atoms with Gasteiger partial charge >= 0.3 is 6.03 Å². The van der Waals surface area contributed by atoms with Gasteiger partial charge in [0.2, 0.25) is 5.13 Å². The summed E-state index contributed by atoms with van der Waals surface area (Å²) < 4.78 is 5.46. The molecule has 1 aliphatic rings. The summed E-state index contributed by atoms with van der Waals surface area (Å²) >= 11 is 1.32. The zero-order valence-electron chi connectivity index (χ0n) is 12.4. The minimum Gasteiger partial charge on any atom is -0.494 e. The van der Waals surface area contributed by atoms with E-state index in [1.807, 2.05) is 36.1 Å². The van der Waals surface area contributed by atoms with Crippen molar-refractivity contribution in [3.63, 3.8) is 0 Å². The molecule has 1 fully saturated rings. The summed E-state index contributed by atoms with van der Waals surface area (Å²) in [5, 5.41) is 10.9. The normalized spacial score (nSPS) is 17.5. The summed E-state index contributed by atoms with van der Waals surface area (Å²) in [5.41, 5.74) is 2.73. The van der Waals surface area contributed by atoms with Gasteiger partial charge in [-0.05, 0) is 37.5 Å². The van der Waals surface area contributed by atoms with Gasteiger partial charge in [-0.1, -0.05) is 23.5 Å². The molecule has 1 aromatic heterocycles. The monoisotopic (exact) mass is 318 g/mol. The lowest BCUT2D eigenvalue weighted by Gasteiger charge is -2.24. The summed E-state index contributed by atoms with van der Waals surface area (Å²) in [5.74, 6) is 0.856. The van der Waals surface area contributed by atoms with E-state index in [4.69, 9.17) is 4.74 Å². The summed E-state index contributed by atoms with van der Waals surface area (Å²) in [6.07, 6.45) is 1.97. The van der Waals surface area contributed by atoms with Crippen LogP contribution in [0.1, 0.15) is 31.4 Å². The number of urea groups is 1. The van der Waals surface area contributed by atoms with Crippen molar-refractivity contribution >= 4 is 22.5 Å². The Morgan fingerprint density at radius 3 is 2.95 bits per heavy atom. The van der Waals surface area contributed by atoms with Crippen molar-refractivity contribution in [2.24, 2.45) is 0 Å². The average Bonchev–Trinajstić information content (AvgIpc) is 3.19. The zero-order valence-corrected chi connectivity index (χ0v) is 13.2. The standard InChI is InChI=1S/C15H18N4O2S/c1-2-21-12-7-5-11(6-8-12)13-4-3-9-19(13)15(20)17-14-18-16-10-22-14/h5-8,10,13H,2-4,9H2,1H3,(H,17,18,20)/t13-/m1/s1. The van der Waals surface area contributed by atoms with Gasteiger partial charge in [-0.2, -0.15) is 0 Å². The molecule has 0 radical (unpaired) electrons. The van der Waals surface area contributed by atoms with Crippen LogP contribution in [0.2, 0.25) is 0 Å². The van der Waals surface area contributed by atoms with Gasteiger partial charge in [0.05, 0.1) is 12.6 Å². The molecule has 1 aliphatic heterocycles. The molecule has 7 heteroatoms. The van der Waals surface area contributed by atoms with E-state index in [-0.39, 0.29) is 12.1 Å². The predicted octanol–water partition coefficient (Wildman–Crippen LogP) is 3.31. The molecule has 116 valence electrons. The first-order valence-corrected chi connectivity index (χ1v) is 8.22. The molecule has 1 aromatic carbocycles. The number of hydrogen-bond acceptors (Lipinski definition) is 5. The number of carbonyl (C=O) groups is 1. The van der Waals surface area contributed by atoms with Crippen LogP contribution < -0.4 is 10.1 Å². The highest BCUT2D eigenvalue weighted by Gasteiger charge is 2.30. The number of aromatic nitrogens is 2. The average molecular weight is 318 g/mol. The number of rotatable bonds is 4. The molecular weight excluding hydrogens is 300 g/mol. The van der Waals surface area contributed by atoms with Gasteiger partial charge in [-0.25, -0.2) is 4.79 Å². The number of carbonyl (C=O) groups excluding carboxylic acids is 1. The highest BCUT2D eigenvalue weighted by Crippen LogP contribution is 2.33. The van der Waals surface area contributed by atoms with Gasteiger partial charge in [0.1, 0.15) is 11.3 Å². The minimum absolute atomic E-state index is 0.101. The lowest BCUT2D eigenvalue weighted by atomic mass is 10.0. The van der Waals surface area contributed by atoms with Crippen molar-refractivity contribution in [3.8, 4) is 5.75 Å². The summed E-state index contributed by atoms with van der Waals surface area (Å²) in [6.45, 7) is 3.37. The molecule has 2 heterocycles. The number of nitrogens with one attached hydrogen (secondary N) is 1. The van der Waals surface area contributed by atoms with Crippen LogP contribution in [0.3, 0.4) is 0 Å². The van der Waals surface area contributed by atoms with Gasteiger partial charge in [-0.3, -0.25) is 5.32 Å². The highest BCUT2D eigenvalue weighted by atomic mass is 32.1. The Labute approximate surface area is 133 Å². The van der Waals surface area contributed by atoms with Crippen LogP contribution in [0.4, 0.5) is 9.93 Å². The lowest BCUT2D eigenvalue weighted by molar-refractivity contribution is 0.207. The van der Waals surface area contributed by atoms with E-state index in [0.717, 1.165) is 30.7 Å². The van der Waals surface area contributed by atoms with Gasteiger partial charge in [0, 0.05) is 6.54 Å². The first kappa shape index (κ1) is 14.8. The van der Waals surface area contributed by atoms with Crippen LogP contribution in [0, 0.1) is 0 Å². The fourth-order valence-electron chi connectivity index (χ4n) is 2.70. The largest absolute Gasteiger partial charge is 0.494 e. The third-order valence-electron chi connectivity index (χ3n) is 3.66. The second-order valence-corrected chi connectivity index (χ2v) is 5.86. The molecule has 0 aliphatic carbocycles. The number of nitrogens with zero attached hydrogens (tertiary/aromatic N) is 3. The van der Waals surface area contributed by atoms with E-state index in [1.54, 1.807) is 5.51 Å². The Hall–Kier alpha value is -2.15. The quantitative estimate of drug-likeness (QED) is 0.939.